The minimum absolute atomic E-state index is 0.0171. The van der Waals surface area contributed by atoms with Crippen LogP contribution in [0.15, 0.2) is 29.5 Å². The van der Waals surface area contributed by atoms with Crippen LogP contribution in [0.5, 0.6) is 0 Å². The molecule has 0 radical (unpaired) electrons. The number of hydrogen-bond acceptors (Lipinski definition) is 5. The van der Waals surface area contributed by atoms with E-state index in [1.54, 1.807) is 6.20 Å². The van der Waals surface area contributed by atoms with Gasteiger partial charge in [-0.3, -0.25) is 9.79 Å². The molecule has 0 unspecified atom stereocenters. The number of pyridine rings is 1. The van der Waals surface area contributed by atoms with Gasteiger partial charge in [0.15, 0.2) is 0 Å². The van der Waals surface area contributed by atoms with Crippen molar-refractivity contribution in [1.82, 2.24) is 15.3 Å². The summed E-state index contributed by atoms with van der Waals surface area (Å²) < 4.78 is 0. The molecule has 1 fully saturated rings. The largest absolute Gasteiger partial charge is 0.372 e. The molecule has 5 N–H and O–H groups in total. The monoisotopic (exact) mass is 340 g/mol. The van der Waals surface area contributed by atoms with Crippen LogP contribution in [0.1, 0.15) is 25.7 Å². The zero-order chi connectivity index (χ0) is 17.3. The summed E-state index contributed by atoms with van der Waals surface area (Å²) in [7, 11) is 0. The third-order valence-electron chi connectivity index (χ3n) is 5.61. The van der Waals surface area contributed by atoms with Crippen molar-refractivity contribution in [3.63, 3.8) is 0 Å². The fourth-order valence-corrected chi connectivity index (χ4v) is 3.98. The highest BCUT2D eigenvalue weighted by Crippen LogP contribution is 2.40. The van der Waals surface area contributed by atoms with Gasteiger partial charge in [0.05, 0.1) is 23.5 Å². The van der Waals surface area contributed by atoms with Gasteiger partial charge >= 0.3 is 0 Å². The smallest absolute Gasteiger partial charge is 0.231 e. The number of carbonyl (C=O) groups excluding carboxylic acids is 1. The Morgan fingerprint density at radius 2 is 2.20 bits per heavy atom. The molecular weight excluding hydrogens is 316 g/mol. The van der Waals surface area contributed by atoms with Crippen LogP contribution in [0.4, 0.5) is 5.69 Å². The number of amides is 1. The minimum Gasteiger partial charge on any atom is -0.372 e. The number of nitrogens with one attached hydrogen (secondary N) is 3. The summed E-state index contributed by atoms with van der Waals surface area (Å²) in [6.45, 7) is 2.17. The second-order valence-electron chi connectivity index (χ2n) is 7.01. The first-order valence-corrected chi connectivity index (χ1v) is 8.94. The standard InChI is InChI=1S/C18H24N6O/c19-11-18(5-1-12(2-6-18)15-22-9-10-23-15)17(25)24-14-4-8-21-16-13(14)3-7-20-16/h3-4,7-8,12H,1-2,5-6,9-11,19H2,(H,22,23)(H2,20,21,24,25). The van der Waals surface area contributed by atoms with Crippen LogP contribution in [0.25, 0.3) is 11.0 Å². The summed E-state index contributed by atoms with van der Waals surface area (Å²) in [5, 5.41) is 7.38. The van der Waals surface area contributed by atoms with E-state index in [1.807, 2.05) is 18.3 Å². The molecule has 0 bridgehead atoms. The Morgan fingerprint density at radius 1 is 1.36 bits per heavy atom. The maximum atomic E-state index is 13.0. The molecular formula is C18H24N6O. The molecule has 25 heavy (non-hydrogen) atoms. The van der Waals surface area contributed by atoms with Crippen LogP contribution >= 0.6 is 0 Å². The molecule has 2 aromatic heterocycles. The van der Waals surface area contributed by atoms with Gasteiger partial charge in [0.1, 0.15) is 5.65 Å². The zero-order valence-corrected chi connectivity index (χ0v) is 14.2. The number of nitrogens with zero attached hydrogens (tertiary/aromatic N) is 2. The van der Waals surface area contributed by atoms with Gasteiger partial charge in [-0.25, -0.2) is 4.98 Å². The molecule has 1 aliphatic carbocycles. The highest BCUT2D eigenvalue weighted by Gasteiger charge is 2.42. The van der Waals surface area contributed by atoms with Crippen LogP contribution in [0.2, 0.25) is 0 Å². The van der Waals surface area contributed by atoms with Crippen molar-refractivity contribution in [2.24, 2.45) is 22.1 Å². The van der Waals surface area contributed by atoms with Crippen molar-refractivity contribution in [2.45, 2.75) is 25.7 Å². The highest BCUT2D eigenvalue weighted by molar-refractivity contribution is 6.02. The summed E-state index contributed by atoms with van der Waals surface area (Å²) in [5.74, 6) is 1.57. The molecule has 1 aliphatic heterocycles. The maximum absolute atomic E-state index is 13.0. The number of amidine groups is 1. The molecule has 0 spiro atoms. The molecule has 132 valence electrons. The number of aliphatic imine (C=N–C) groups is 1. The Morgan fingerprint density at radius 3 is 2.92 bits per heavy atom. The quantitative estimate of drug-likeness (QED) is 0.678. The Balaban J connectivity index is 1.49. The zero-order valence-electron chi connectivity index (χ0n) is 14.2. The molecule has 7 nitrogen and oxygen atoms in total. The Hall–Kier alpha value is -2.41. The third-order valence-corrected chi connectivity index (χ3v) is 5.61. The van der Waals surface area contributed by atoms with Crippen molar-refractivity contribution in [2.75, 3.05) is 25.0 Å². The fraction of sp³-hybridized carbons (Fsp3) is 0.500. The molecule has 7 heteroatoms. The van der Waals surface area contributed by atoms with Crippen LogP contribution in [0.3, 0.4) is 0 Å². The number of rotatable bonds is 4. The average Bonchev–Trinajstić information content (AvgIpc) is 3.34. The van der Waals surface area contributed by atoms with E-state index >= 15 is 0 Å². The summed E-state index contributed by atoms with van der Waals surface area (Å²) >= 11 is 0. The van der Waals surface area contributed by atoms with Gasteiger partial charge in [-0.15, -0.1) is 0 Å². The van der Waals surface area contributed by atoms with Crippen molar-refractivity contribution in [1.29, 1.82) is 0 Å². The van der Waals surface area contributed by atoms with Crippen molar-refractivity contribution in [3.05, 3.63) is 24.5 Å². The lowest BCUT2D eigenvalue weighted by molar-refractivity contribution is -0.127. The van der Waals surface area contributed by atoms with Crippen molar-refractivity contribution in [3.8, 4) is 0 Å². The van der Waals surface area contributed by atoms with E-state index < -0.39 is 5.41 Å². The van der Waals surface area contributed by atoms with Gasteiger partial charge in [0, 0.05) is 36.8 Å². The molecule has 2 aliphatic rings. The van der Waals surface area contributed by atoms with E-state index in [2.05, 4.69) is 25.6 Å². The van der Waals surface area contributed by atoms with E-state index in [0.717, 1.165) is 61.3 Å². The van der Waals surface area contributed by atoms with Gasteiger partial charge in [-0.1, -0.05) is 0 Å². The van der Waals surface area contributed by atoms with E-state index in [-0.39, 0.29) is 5.91 Å². The maximum Gasteiger partial charge on any atom is 0.231 e. The Labute approximate surface area is 146 Å². The first kappa shape index (κ1) is 16.1. The van der Waals surface area contributed by atoms with Crippen LogP contribution in [-0.2, 0) is 4.79 Å². The molecule has 2 aromatic rings. The van der Waals surface area contributed by atoms with E-state index in [1.165, 1.54) is 0 Å². The number of aromatic nitrogens is 2. The molecule has 1 saturated carbocycles. The van der Waals surface area contributed by atoms with Crippen LogP contribution in [-0.4, -0.2) is 41.3 Å². The Kier molecular flexibility index (Phi) is 4.17. The number of H-pyrrole nitrogens is 1. The molecule has 1 amide bonds. The number of nitrogens with two attached hydrogens (primary N) is 1. The van der Waals surface area contributed by atoms with Crippen molar-refractivity contribution >= 4 is 28.5 Å². The molecule has 0 saturated heterocycles. The van der Waals surface area contributed by atoms with Gasteiger partial charge in [-0.05, 0) is 37.8 Å². The number of carbonyl (C=O) groups is 1. The first-order valence-electron chi connectivity index (χ1n) is 8.94. The second kappa shape index (κ2) is 6.48. The normalized spacial score (nSPS) is 26.3. The average molecular weight is 340 g/mol. The number of fused-ring (bicyclic) bond motifs is 1. The van der Waals surface area contributed by atoms with Crippen LogP contribution < -0.4 is 16.4 Å². The highest BCUT2D eigenvalue weighted by atomic mass is 16.2. The molecule has 3 heterocycles. The SMILES string of the molecule is NCC1(C(=O)Nc2ccnc3[nH]ccc23)CCC(C2=NCCN2)CC1. The van der Waals surface area contributed by atoms with E-state index in [0.29, 0.717) is 12.5 Å². The predicted octanol–water partition coefficient (Wildman–Crippen LogP) is 1.64. The summed E-state index contributed by atoms with van der Waals surface area (Å²) in [6, 6.07) is 3.76. The lowest BCUT2D eigenvalue weighted by Crippen LogP contribution is -2.46. The topological polar surface area (TPSA) is 108 Å². The van der Waals surface area contributed by atoms with E-state index in [4.69, 9.17) is 5.73 Å². The third kappa shape index (κ3) is 2.89. The van der Waals surface area contributed by atoms with Gasteiger partial charge in [-0.2, -0.15) is 0 Å². The minimum atomic E-state index is -0.498. The first-order chi connectivity index (χ1) is 12.2. The van der Waals surface area contributed by atoms with Crippen molar-refractivity contribution < 1.29 is 4.79 Å². The summed E-state index contributed by atoms with van der Waals surface area (Å²) in [6.07, 6.45) is 7.01. The van der Waals surface area contributed by atoms with Gasteiger partial charge in [0.2, 0.25) is 5.91 Å². The number of anilines is 1. The molecule has 4 rings (SSSR count). The second-order valence-corrected chi connectivity index (χ2v) is 7.01. The summed E-state index contributed by atoms with van der Waals surface area (Å²) in [5.41, 5.74) is 7.12. The fourth-order valence-electron chi connectivity index (χ4n) is 3.98. The lowest BCUT2D eigenvalue weighted by atomic mass is 9.69. The molecule has 0 aromatic carbocycles. The summed E-state index contributed by atoms with van der Waals surface area (Å²) in [4.78, 5) is 24.9. The predicted molar refractivity (Wildman–Crippen MR) is 98.5 cm³/mol. The van der Waals surface area contributed by atoms with Gasteiger partial charge < -0.3 is 21.4 Å². The van der Waals surface area contributed by atoms with E-state index in [9.17, 15) is 4.79 Å². The Bertz CT molecular complexity index is 803. The van der Waals surface area contributed by atoms with Crippen LogP contribution in [0, 0.1) is 11.3 Å². The number of aromatic amines is 1. The van der Waals surface area contributed by atoms with Gasteiger partial charge in [0.25, 0.3) is 0 Å². The molecule has 0 atom stereocenters. The number of hydrogen-bond donors (Lipinski definition) is 4. The lowest BCUT2D eigenvalue weighted by Gasteiger charge is -2.38.